The lowest BCUT2D eigenvalue weighted by Gasteiger charge is -2.33. The maximum atomic E-state index is 13.3. The summed E-state index contributed by atoms with van der Waals surface area (Å²) in [5.74, 6) is -0.104. The summed E-state index contributed by atoms with van der Waals surface area (Å²) < 4.78 is 3.68. The molecule has 2 aliphatic rings. The van der Waals surface area contributed by atoms with E-state index in [1.807, 2.05) is 37.3 Å². The maximum absolute atomic E-state index is 13.3. The van der Waals surface area contributed by atoms with Gasteiger partial charge in [0.15, 0.2) is 0 Å². The minimum absolute atomic E-state index is 0.0442. The van der Waals surface area contributed by atoms with Crippen molar-refractivity contribution in [3.63, 3.8) is 0 Å². The van der Waals surface area contributed by atoms with Gasteiger partial charge in [-0.05, 0) is 58.7 Å². The molecule has 3 aromatic rings. The standard InChI is InChI=1S/C28H32Cl2N6O3/c1-16-9-25-22(13-34(16)28(39)20-5-8-23(29)24(30)10-20)18(3)36(32-25)17(2)12-33(15-37)19(4)26-14-35(21-6-7-21)27(38)11-31-26/h5,8,10-11,14-17,19,21H,6-7,9,12-13H2,1-4H3/t16-,17-,19+/m1/s1. The Kier molecular flexibility index (Phi) is 7.57. The molecule has 0 bridgehead atoms. The molecule has 9 nitrogen and oxygen atoms in total. The highest BCUT2D eigenvalue weighted by Crippen LogP contribution is 2.34. The van der Waals surface area contributed by atoms with Crippen LogP contribution in [0.15, 0.2) is 35.4 Å². The molecule has 1 aliphatic heterocycles. The van der Waals surface area contributed by atoms with Gasteiger partial charge in [-0.3, -0.25) is 24.0 Å². The molecule has 0 saturated heterocycles. The van der Waals surface area contributed by atoms with Crippen molar-refractivity contribution in [2.24, 2.45) is 0 Å². The third-order valence-corrected chi connectivity index (χ3v) is 8.62. The van der Waals surface area contributed by atoms with E-state index in [4.69, 9.17) is 28.3 Å². The molecule has 2 amide bonds. The van der Waals surface area contributed by atoms with Crippen LogP contribution in [0.5, 0.6) is 0 Å². The summed E-state index contributed by atoms with van der Waals surface area (Å²) >= 11 is 12.2. The van der Waals surface area contributed by atoms with Crippen molar-refractivity contribution in [2.75, 3.05) is 6.54 Å². The molecule has 39 heavy (non-hydrogen) atoms. The second kappa shape index (κ2) is 10.8. The molecular weight excluding hydrogens is 539 g/mol. The van der Waals surface area contributed by atoms with Crippen LogP contribution in [0.2, 0.25) is 10.0 Å². The summed E-state index contributed by atoms with van der Waals surface area (Å²) in [6, 6.07) is 4.70. The highest BCUT2D eigenvalue weighted by Gasteiger charge is 2.33. The first-order valence-electron chi connectivity index (χ1n) is 13.2. The van der Waals surface area contributed by atoms with Gasteiger partial charge < -0.3 is 14.4 Å². The smallest absolute Gasteiger partial charge is 0.269 e. The third-order valence-electron chi connectivity index (χ3n) is 7.88. The topological polar surface area (TPSA) is 93.3 Å². The van der Waals surface area contributed by atoms with Gasteiger partial charge in [-0.25, -0.2) is 0 Å². The second-order valence-electron chi connectivity index (χ2n) is 10.7. The third kappa shape index (κ3) is 5.34. The van der Waals surface area contributed by atoms with Crippen molar-refractivity contribution in [3.8, 4) is 0 Å². The number of rotatable bonds is 8. The molecule has 11 heteroatoms. The summed E-state index contributed by atoms with van der Waals surface area (Å²) in [4.78, 5) is 45.5. The van der Waals surface area contributed by atoms with Crippen LogP contribution in [-0.4, -0.2) is 54.0 Å². The van der Waals surface area contributed by atoms with Crippen molar-refractivity contribution in [2.45, 2.75) is 77.7 Å². The summed E-state index contributed by atoms with van der Waals surface area (Å²) in [7, 11) is 0. The Morgan fingerprint density at radius 3 is 2.64 bits per heavy atom. The molecular formula is C28H32Cl2N6O3. The van der Waals surface area contributed by atoms with Crippen molar-refractivity contribution in [1.29, 1.82) is 0 Å². The fourth-order valence-electron chi connectivity index (χ4n) is 5.33. The molecule has 3 heterocycles. The van der Waals surface area contributed by atoms with Crippen molar-refractivity contribution >= 4 is 35.5 Å². The van der Waals surface area contributed by atoms with E-state index in [1.165, 1.54) is 6.20 Å². The second-order valence-corrected chi connectivity index (χ2v) is 11.5. The van der Waals surface area contributed by atoms with Crippen molar-refractivity contribution in [3.05, 3.63) is 79.2 Å². The van der Waals surface area contributed by atoms with Gasteiger partial charge in [-0.15, -0.1) is 0 Å². The van der Waals surface area contributed by atoms with Crippen LogP contribution in [0.1, 0.15) is 84.7 Å². The van der Waals surface area contributed by atoms with Crippen LogP contribution < -0.4 is 5.56 Å². The number of fused-ring (bicyclic) bond motifs is 1. The summed E-state index contributed by atoms with van der Waals surface area (Å²) in [5, 5.41) is 5.66. The van der Waals surface area contributed by atoms with E-state index >= 15 is 0 Å². The fourth-order valence-corrected chi connectivity index (χ4v) is 5.63. The molecule has 1 saturated carbocycles. The molecule has 3 atom stereocenters. The number of hydrogen-bond acceptors (Lipinski definition) is 5. The van der Waals surface area contributed by atoms with E-state index in [-0.39, 0.29) is 35.6 Å². The number of aromatic nitrogens is 4. The SMILES string of the molecule is Cc1c2c(nn1[C@H](C)CN(C=O)[C@@H](C)c1cn(C3CC3)c(=O)cn1)C[C@@H](C)N(C(=O)c1ccc(Cl)c(Cl)c1)C2. The number of carbonyl (C=O) groups is 2. The van der Waals surface area contributed by atoms with E-state index in [9.17, 15) is 14.4 Å². The zero-order chi connectivity index (χ0) is 28.0. The molecule has 1 fully saturated rings. The Bertz CT molecular complexity index is 1480. The van der Waals surface area contributed by atoms with E-state index < -0.39 is 0 Å². The maximum Gasteiger partial charge on any atom is 0.269 e. The van der Waals surface area contributed by atoms with Crippen LogP contribution in [0.25, 0.3) is 0 Å². The largest absolute Gasteiger partial charge is 0.335 e. The van der Waals surface area contributed by atoms with Gasteiger partial charge in [-0.1, -0.05) is 23.2 Å². The highest BCUT2D eigenvalue weighted by atomic mass is 35.5. The summed E-state index contributed by atoms with van der Waals surface area (Å²) in [6.07, 6.45) is 6.56. The Labute approximate surface area is 237 Å². The van der Waals surface area contributed by atoms with Crippen LogP contribution >= 0.6 is 23.2 Å². The number of nitrogens with zero attached hydrogens (tertiary/aromatic N) is 6. The number of hydrogen-bond donors (Lipinski definition) is 0. The molecule has 1 aliphatic carbocycles. The average Bonchev–Trinajstić information content (AvgIpc) is 3.71. The Hall–Kier alpha value is -3.17. The minimum Gasteiger partial charge on any atom is -0.335 e. The molecule has 5 rings (SSSR count). The van der Waals surface area contributed by atoms with Crippen LogP contribution in [0, 0.1) is 6.92 Å². The molecule has 206 valence electrons. The molecule has 1 aromatic carbocycles. The lowest BCUT2D eigenvalue weighted by atomic mass is 9.98. The first-order chi connectivity index (χ1) is 18.6. The predicted octanol–water partition coefficient (Wildman–Crippen LogP) is 4.76. The fraction of sp³-hybridized carbons (Fsp3) is 0.464. The number of halogens is 2. The quantitative estimate of drug-likeness (QED) is 0.364. The molecule has 0 N–H and O–H groups in total. The number of benzene rings is 1. The number of carbonyl (C=O) groups excluding carboxylic acids is 2. The summed E-state index contributed by atoms with van der Waals surface area (Å²) in [6.45, 7) is 8.81. The van der Waals surface area contributed by atoms with E-state index in [2.05, 4.69) is 4.98 Å². The summed E-state index contributed by atoms with van der Waals surface area (Å²) in [5.41, 5.74) is 4.03. The zero-order valence-electron chi connectivity index (χ0n) is 22.5. The highest BCUT2D eigenvalue weighted by molar-refractivity contribution is 6.42. The lowest BCUT2D eigenvalue weighted by molar-refractivity contribution is -0.120. The van der Waals surface area contributed by atoms with Crippen molar-refractivity contribution < 1.29 is 9.59 Å². The normalized spacial score (nSPS) is 18.4. The Balaban J connectivity index is 1.33. The van der Waals surface area contributed by atoms with Gasteiger partial charge in [0, 0.05) is 54.6 Å². The Morgan fingerprint density at radius 2 is 1.97 bits per heavy atom. The van der Waals surface area contributed by atoms with Gasteiger partial charge >= 0.3 is 0 Å². The first-order valence-corrected chi connectivity index (χ1v) is 14.0. The van der Waals surface area contributed by atoms with Crippen molar-refractivity contribution in [1.82, 2.24) is 29.1 Å². The molecule has 0 unspecified atom stereocenters. The van der Waals surface area contributed by atoms with E-state index in [0.29, 0.717) is 40.8 Å². The van der Waals surface area contributed by atoms with E-state index in [0.717, 1.165) is 36.2 Å². The predicted molar refractivity (Wildman–Crippen MR) is 149 cm³/mol. The van der Waals surface area contributed by atoms with E-state index in [1.54, 1.807) is 33.9 Å². The van der Waals surface area contributed by atoms with Gasteiger partial charge in [0.1, 0.15) is 0 Å². The minimum atomic E-state index is -0.305. The van der Waals surface area contributed by atoms with Gasteiger partial charge in [0.25, 0.3) is 11.5 Å². The Morgan fingerprint density at radius 1 is 1.23 bits per heavy atom. The molecule has 0 radical (unpaired) electrons. The van der Waals surface area contributed by atoms with Crippen LogP contribution in [0.3, 0.4) is 0 Å². The molecule has 2 aromatic heterocycles. The number of amides is 2. The van der Waals surface area contributed by atoms with Crippen LogP contribution in [0.4, 0.5) is 0 Å². The zero-order valence-corrected chi connectivity index (χ0v) is 24.0. The monoisotopic (exact) mass is 570 g/mol. The first kappa shape index (κ1) is 27.4. The van der Waals surface area contributed by atoms with Gasteiger partial charge in [0.2, 0.25) is 6.41 Å². The molecule has 0 spiro atoms. The average molecular weight is 572 g/mol. The van der Waals surface area contributed by atoms with Gasteiger partial charge in [-0.2, -0.15) is 5.10 Å². The van der Waals surface area contributed by atoms with Gasteiger partial charge in [0.05, 0.1) is 39.7 Å². The lowest BCUT2D eigenvalue weighted by Crippen LogP contribution is -2.42. The van der Waals surface area contributed by atoms with Crippen LogP contribution in [-0.2, 0) is 17.8 Å².